The summed E-state index contributed by atoms with van der Waals surface area (Å²) in [5.74, 6) is -0.928. The number of benzene rings is 2. The van der Waals surface area contributed by atoms with E-state index in [1.54, 1.807) is 7.05 Å². The zero-order valence-electron chi connectivity index (χ0n) is 14.5. The van der Waals surface area contributed by atoms with E-state index in [2.05, 4.69) is 22.3 Å². The monoisotopic (exact) mass is 341 g/mol. The van der Waals surface area contributed by atoms with Gasteiger partial charge in [-0.25, -0.2) is 4.79 Å². The van der Waals surface area contributed by atoms with E-state index >= 15 is 0 Å². The molecule has 0 aromatic heterocycles. The topological polar surface area (TPSA) is 72.9 Å². The number of hydrogen-bond acceptors (Lipinski definition) is 3. The highest BCUT2D eigenvalue weighted by Gasteiger charge is 2.14. The first-order valence-corrected chi connectivity index (χ1v) is 8.05. The van der Waals surface area contributed by atoms with Crippen LogP contribution >= 0.6 is 0 Å². The van der Waals surface area contributed by atoms with Gasteiger partial charge in [0.15, 0.2) is 0 Å². The first-order valence-electron chi connectivity index (χ1n) is 8.05. The number of carboxylic acids is 1. The number of carbonyl (C=O) groups excluding carboxylic acids is 1. The number of carboxylic acid groups (broad SMARTS) is 1. The van der Waals surface area contributed by atoms with E-state index in [0.717, 1.165) is 5.69 Å². The van der Waals surface area contributed by atoms with Crippen molar-refractivity contribution in [2.24, 2.45) is 0 Å². The predicted octanol–water partition coefficient (Wildman–Crippen LogP) is 3.26. The molecule has 25 heavy (non-hydrogen) atoms. The van der Waals surface area contributed by atoms with Crippen molar-refractivity contribution in [3.05, 3.63) is 60.2 Å². The van der Waals surface area contributed by atoms with Crippen LogP contribution in [0.15, 0.2) is 54.6 Å². The molecule has 0 aliphatic heterocycles. The Hall–Kier alpha value is -3.02. The number of hydrogen-bond donors (Lipinski definition) is 2. The van der Waals surface area contributed by atoms with Crippen molar-refractivity contribution in [1.29, 1.82) is 0 Å². The number of urea groups is 1. The maximum Gasteiger partial charge on any atom is 0.321 e. The summed E-state index contributed by atoms with van der Waals surface area (Å²) in [6.07, 6.45) is -0.0839. The molecule has 0 radical (unpaired) electrons. The van der Waals surface area contributed by atoms with Gasteiger partial charge in [0.1, 0.15) is 0 Å². The molecule has 0 saturated heterocycles. The fourth-order valence-electron chi connectivity index (χ4n) is 2.43. The van der Waals surface area contributed by atoms with Gasteiger partial charge in [0, 0.05) is 27.2 Å². The van der Waals surface area contributed by atoms with Crippen LogP contribution in [0.4, 0.5) is 16.2 Å². The number of aliphatic carboxylic acids is 1. The van der Waals surface area contributed by atoms with E-state index in [0.29, 0.717) is 12.2 Å². The summed E-state index contributed by atoms with van der Waals surface area (Å²) in [6.45, 7) is 0.867. The highest BCUT2D eigenvalue weighted by molar-refractivity contribution is 5.93. The first kappa shape index (κ1) is 18.3. The Balaban J connectivity index is 2.06. The normalized spacial score (nSPS) is 10.2. The molecule has 132 valence electrons. The molecule has 0 spiro atoms. The van der Waals surface area contributed by atoms with Crippen LogP contribution in [0.3, 0.4) is 0 Å². The molecule has 2 amide bonds. The first-order chi connectivity index (χ1) is 12.0. The van der Waals surface area contributed by atoms with E-state index in [9.17, 15) is 9.59 Å². The smallest absolute Gasteiger partial charge is 0.321 e. The van der Waals surface area contributed by atoms with Gasteiger partial charge >= 0.3 is 12.0 Å². The minimum Gasteiger partial charge on any atom is -0.481 e. The number of nitrogens with one attached hydrogen (secondary N) is 1. The van der Waals surface area contributed by atoms with Crippen molar-refractivity contribution in [2.45, 2.75) is 13.0 Å². The van der Waals surface area contributed by atoms with Gasteiger partial charge in [0.25, 0.3) is 0 Å². The lowest BCUT2D eigenvalue weighted by atomic mass is 10.2. The van der Waals surface area contributed by atoms with Gasteiger partial charge in [-0.2, -0.15) is 0 Å². The van der Waals surface area contributed by atoms with Gasteiger partial charge in [0.05, 0.1) is 17.8 Å². The molecular weight excluding hydrogens is 318 g/mol. The van der Waals surface area contributed by atoms with Crippen LogP contribution < -0.4 is 10.2 Å². The maximum atomic E-state index is 12.3. The Morgan fingerprint density at radius 1 is 1.00 bits per heavy atom. The molecule has 0 unspecified atom stereocenters. The lowest BCUT2D eigenvalue weighted by Gasteiger charge is -2.24. The van der Waals surface area contributed by atoms with Crippen molar-refractivity contribution >= 4 is 23.4 Å². The molecule has 2 N–H and O–H groups in total. The number of para-hydroxylation sites is 2. The Morgan fingerprint density at radius 2 is 1.64 bits per heavy atom. The summed E-state index contributed by atoms with van der Waals surface area (Å²) in [6, 6.07) is 17.3. The summed E-state index contributed by atoms with van der Waals surface area (Å²) < 4.78 is 0. The largest absolute Gasteiger partial charge is 0.481 e. The highest BCUT2D eigenvalue weighted by atomic mass is 16.4. The molecule has 2 rings (SSSR count). The Bertz CT molecular complexity index is 719. The third-order valence-electron chi connectivity index (χ3n) is 3.83. The third-order valence-corrected chi connectivity index (χ3v) is 3.83. The molecule has 0 saturated carbocycles. The second kappa shape index (κ2) is 8.73. The Kier molecular flexibility index (Phi) is 6.39. The maximum absolute atomic E-state index is 12.3. The fraction of sp³-hybridized carbons (Fsp3) is 0.263. The standard InChI is InChI=1S/C19H23N3O3/c1-21(13-12-18(23)24)19(25)20-16-10-6-7-11-17(16)22(2)14-15-8-4-3-5-9-15/h3-11H,12-14H2,1-2H3,(H,20,25)(H,23,24). The predicted molar refractivity (Wildman–Crippen MR) is 98.9 cm³/mol. The minimum absolute atomic E-state index is 0.0839. The summed E-state index contributed by atoms with van der Waals surface area (Å²) in [7, 11) is 3.54. The number of carbonyl (C=O) groups is 2. The lowest BCUT2D eigenvalue weighted by Crippen LogP contribution is -2.33. The molecule has 0 fully saturated rings. The third kappa shape index (κ3) is 5.53. The second-order valence-corrected chi connectivity index (χ2v) is 5.85. The van der Waals surface area contributed by atoms with Crippen LogP contribution in [-0.4, -0.2) is 42.6 Å². The van der Waals surface area contributed by atoms with Crippen molar-refractivity contribution in [1.82, 2.24) is 4.90 Å². The van der Waals surface area contributed by atoms with E-state index in [-0.39, 0.29) is 19.0 Å². The van der Waals surface area contributed by atoms with Crippen molar-refractivity contribution < 1.29 is 14.7 Å². The summed E-state index contributed by atoms with van der Waals surface area (Å²) in [5, 5.41) is 11.6. The van der Waals surface area contributed by atoms with Crippen molar-refractivity contribution in [3.63, 3.8) is 0 Å². The molecule has 0 aliphatic carbocycles. The van der Waals surface area contributed by atoms with Crippen LogP contribution in [0.2, 0.25) is 0 Å². The number of rotatable bonds is 7. The molecule has 0 bridgehead atoms. The lowest BCUT2D eigenvalue weighted by molar-refractivity contribution is -0.137. The van der Waals surface area contributed by atoms with Gasteiger partial charge in [-0.15, -0.1) is 0 Å². The van der Waals surface area contributed by atoms with E-state index in [1.807, 2.05) is 49.5 Å². The molecular formula is C19H23N3O3. The Labute approximate surface area is 147 Å². The zero-order valence-corrected chi connectivity index (χ0v) is 14.5. The molecule has 6 nitrogen and oxygen atoms in total. The quantitative estimate of drug-likeness (QED) is 0.811. The second-order valence-electron chi connectivity index (χ2n) is 5.85. The van der Waals surface area contributed by atoms with Crippen molar-refractivity contribution in [2.75, 3.05) is 30.9 Å². The molecule has 2 aromatic rings. The molecule has 0 aliphatic rings. The van der Waals surface area contributed by atoms with Crippen LogP contribution in [0.5, 0.6) is 0 Å². The van der Waals surface area contributed by atoms with Gasteiger partial charge in [-0.05, 0) is 17.7 Å². The minimum atomic E-state index is -0.928. The van der Waals surface area contributed by atoms with Crippen molar-refractivity contribution in [3.8, 4) is 0 Å². The van der Waals surface area contributed by atoms with Crippen LogP contribution in [0.25, 0.3) is 0 Å². The van der Waals surface area contributed by atoms with Gasteiger partial charge < -0.3 is 20.2 Å². The van der Waals surface area contributed by atoms with Crippen LogP contribution in [-0.2, 0) is 11.3 Å². The molecule has 0 heterocycles. The van der Waals surface area contributed by atoms with Gasteiger partial charge in [0.2, 0.25) is 0 Å². The fourth-order valence-corrected chi connectivity index (χ4v) is 2.43. The van der Waals surface area contributed by atoms with Gasteiger partial charge in [-0.3, -0.25) is 4.79 Å². The van der Waals surface area contributed by atoms with Crippen LogP contribution in [0.1, 0.15) is 12.0 Å². The summed E-state index contributed by atoms with van der Waals surface area (Å²) in [4.78, 5) is 26.3. The highest BCUT2D eigenvalue weighted by Crippen LogP contribution is 2.26. The molecule has 6 heteroatoms. The summed E-state index contributed by atoms with van der Waals surface area (Å²) >= 11 is 0. The molecule has 0 atom stereocenters. The number of nitrogens with zero attached hydrogens (tertiary/aromatic N) is 2. The van der Waals surface area contributed by atoms with Gasteiger partial charge in [-0.1, -0.05) is 42.5 Å². The van der Waals surface area contributed by atoms with E-state index in [4.69, 9.17) is 5.11 Å². The Morgan fingerprint density at radius 3 is 2.32 bits per heavy atom. The zero-order chi connectivity index (χ0) is 18.2. The number of anilines is 2. The SMILES string of the molecule is CN(CCC(=O)O)C(=O)Nc1ccccc1N(C)Cc1ccccc1. The molecule has 2 aromatic carbocycles. The van der Waals surface area contributed by atoms with Crippen LogP contribution in [0, 0.1) is 0 Å². The van der Waals surface area contributed by atoms with E-state index in [1.165, 1.54) is 10.5 Å². The average molecular weight is 341 g/mol. The average Bonchev–Trinajstić information content (AvgIpc) is 2.60. The number of amides is 2. The van der Waals surface area contributed by atoms with E-state index < -0.39 is 5.97 Å². The summed E-state index contributed by atoms with van der Waals surface area (Å²) in [5.41, 5.74) is 2.75.